The fourth-order valence-corrected chi connectivity index (χ4v) is 4.81. The summed E-state index contributed by atoms with van der Waals surface area (Å²) in [6.45, 7) is 1.79. The van der Waals surface area contributed by atoms with Crippen LogP contribution >= 0.6 is 0 Å². The van der Waals surface area contributed by atoms with Gasteiger partial charge in [-0.15, -0.1) is 0 Å². The van der Waals surface area contributed by atoms with Crippen molar-refractivity contribution in [3.05, 3.63) is 18.0 Å². The third kappa shape index (κ3) is 3.60. The monoisotopic (exact) mass is 330 g/mol. The average molecular weight is 330 g/mol. The van der Waals surface area contributed by atoms with Crippen LogP contribution in [-0.2, 0) is 13.5 Å². The van der Waals surface area contributed by atoms with Gasteiger partial charge in [0.2, 0.25) is 0 Å². The van der Waals surface area contributed by atoms with E-state index < -0.39 is 0 Å². The predicted octanol–water partition coefficient (Wildman–Crippen LogP) is 2.96. The second-order valence-corrected chi connectivity index (χ2v) is 8.18. The Hall–Kier alpha value is -1.52. The highest BCUT2D eigenvalue weighted by Crippen LogP contribution is 2.44. The van der Waals surface area contributed by atoms with Crippen LogP contribution in [0.3, 0.4) is 0 Å². The number of amides is 2. The molecule has 24 heavy (non-hydrogen) atoms. The average Bonchev–Trinajstić information content (AvgIpc) is 2.99. The fraction of sp³-hybridized carbons (Fsp3) is 0.789. The molecule has 1 aromatic rings. The Labute approximate surface area is 144 Å². The molecule has 2 amide bonds. The summed E-state index contributed by atoms with van der Waals surface area (Å²) in [6.07, 6.45) is 14.3. The third-order valence-electron chi connectivity index (χ3n) is 6.26. The summed E-state index contributed by atoms with van der Waals surface area (Å²) in [4.78, 5) is 14.5. The van der Waals surface area contributed by atoms with Gasteiger partial charge in [-0.05, 0) is 42.6 Å². The summed E-state index contributed by atoms with van der Waals surface area (Å²) in [5.74, 6) is 2.22. The van der Waals surface area contributed by atoms with Crippen LogP contribution < -0.4 is 5.32 Å². The molecule has 1 N–H and O–H groups in total. The maximum atomic E-state index is 12.5. The molecule has 2 aliphatic carbocycles. The number of nitrogens with one attached hydrogen (secondary N) is 1. The van der Waals surface area contributed by atoms with Crippen LogP contribution in [0.15, 0.2) is 12.4 Å². The number of hydrogen-bond donors (Lipinski definition) is 1. The molecule has 132 valence electrons. The van der Waals surface area contributed by atoms with Crippen molar-refractivity contribution < 1.29 is 4.79 Å². The number of aryl methyl sites for hydroxylation is 1. The lowest BCUT2D eigenvalue weighted by Gasteiger charge is -2.22. The zero-order chi connectivity index (χ0) is 16.5. The highest BCUT2D eigenvalue weighted by Gasteiger charge is 2.44. The Morgan fingerprint density at radius 1 is 1.29 bits per heavy atom. The van der Waals surface area contributed by atoms with Crippen LogP contribution in [0.4, 0.5) is 4.79 Å². The summed E-state index contributed by atoms with van der Waals surface area (Å²) in [7, 11) is 1.95. The summed E-state index contributed by atoms with van der Waals surface area (Å²) < 4.78 is 1.85. The van der Waals surface area contributed by atoms with Gasteiger partial charge in [-0.1, -0.05) is 32.1 Å². The number of aromatic nitrogens is 2. The molecule has 2 heterocycles. The van der Waals surface area contributed by atoms with Crippen molar-refractivity contribution in [2.75, 3.05) is 13.1 Å². The molecule has 0 bridgehead atoms. The molecule has 4 rings (SSSR count). The molecule has 0 spiro atoms. The summed E-state index contributed by atoms with van der Waals surface area (Å²) in [5.41, 5.74) is 1.28. The fourth-order valence-electron chi connectivity index (χ4n) is 4.81. The molecule has 2 saturated carbocycles. The molecular formula is C19H30N4O. The van der Waals surface area contributed by atoms with Gasteiger partial charge in [-0.3, -0.25) is 4.68 Å². The van der Waals surface area contributed by atoms with E-state index in [0.717, 1.165) is 37.8 Å². The van der Waals surface area contributed by atoms with Gasteiger partial charge >= 0.3 is 6.03 Å². The van der Waals surface area contributed by atoms with Gasteiger partial charge < -0.3 is 10.2 Å². The van der Waals surface area contributed by atoms with Gasteiger partial charge in [0.05, 0.1) is 6.20 Å². The number of likely N-dealkylation sites (tertiary alicyclic amines) is 1. The Balaban J connectivity index is 1.21. The highest BCUT2D eigenvalue weighted by molar-refractivity contribution is 5.75. The predicted molar refractivity (Wildman–Crippen MR) is 93.6 cm³/mol. The van der Waals surface area contributed by atoms with Crippen molar-refractivity contribution in [3.63, 3.8) is 0 Å². The van der Waals surface area contributed by atoms with E-state index in [4.69, 9.17) is 0 Å². The molecule has 5 nitrogen and oxygen atoms in total. The summed E-state index contributed by atoms with van der Waals surface area (Å²) in [6, 6.07) is 0.630. The van der Waals surface area contributed by atoms with Crippen molar-refractivity contribution >= 4 is 6.03 Å². The normalized spacial score (nSPS) is 30.5. The smallest absolute Gasteiger partial charge is 0.317 e. The first-order valence-corrected chi connectivity index (χ1v) is 9.72. The Morgan fingerprint density at radius 3 is 2.88 bits per heavy atom. The van der Waals surface area contributed by atoms with E-state index in [2.05, 4.69) is 16.6 Å². The molecule has 3 fully saturated rings. The zero-order valence-corrected chi connectivity index (χ0v) is 14.8. The Morgan fingerprint density at radius 2 is 2.12 bits per heavy atom. The number of carbonyl (C=O) groups is 1. The van der Waals surface area contributed by atoms with Crippen molar-refractivity contribution in [1.29, 1.82) is 0 Å². The van der Waals surface area contributed by atoms with Gasteiger partial charge in [0.1, 0.15) is 0 Å². The first-order valence-electron chi connectivity index (χ1n) is 9.72. The second kappa shape index (κ2) is 6.77. The molecule has 0 aromatic carbocycles. The van der Waals surface area contributed by atoms with E-state index in [1.807, 2.05) is 22.8 Å². The van der Waals surface area contributed by atoms with Crippen LogP contribution in [0.25, 0.3) is 0 Å². The minimum Gasteiger partial charge on any atom is -0.335 e. The van der Waals surface area contributed by atoms with E-state index in [1.165, 1.54) is 44.1 Å². The molecular weight excluding hydrogens is 300 g/mol. The van der Waals surface area contributed by atoms with Gasteiger partial charge in [-0.25, -0.2) is 4.79 Å². The lowest BCUT2D eigenvalue weighted by molar-refractivity contribution is 0.204. The van der Waals surface area contributed by atoms with Gasteiger partial charge in [0.15, 0.2) is 0 Å². The molecule has 1 aliphatic heterocycles. The van der Waals surface area contributed by atoms with Gasteiger partial charge in [-0.2, -0.15) is 5.10 Å². The highest BCUT2D eigenvalue weighted by atomic mass is 16.2. The number of rotatable bonds is 4. The Bertz CT molecular complexity index is 578. The van der Waals surface area contributed by atoms with Crippen molar-refractivity contribution in [3.8, 4) is 0 Å². The minimum atomic E-state index is 0.173. The molecule has 5 heteroatoms. The number of carbonyl (C=O) groups excluding carboxylic acids is 1. The summed E-state index contributed by atoms with van der Waals surface area (Å²) >= 11 is 0. The van der Waals surface area contributed by atoms with Gasteiger partial charge in [0.25, 0.3) is 0 Å². The van der Waals surface area contributed by atoms with E-state index in [-0.39, 0.29) is 6.03 Å². The van der Waals surface area contributed by atoms with E-state index >= 15 is 0 Å². The maximum Gasteiger partial charge on any atom is 0.317 e. The van der Waals surface area contributed by atoms with Crippen LogP contribution in [0.1, 0.15) is 50.5 Å². The number of urea groups is 1. The quantitative estimate of drug-likeness (QED) is 0.923. The second-order valence-electron chi connectivity index (χ2n) is 8.18. The van der Waals surface area contributed by atoms with Crippen molar-refractivity contribution in [2.45, 2.75) is 57.4 Å². The van der Waals surface area contributed by atoms with Crippen LogP contribution in [0.5, 0.6) is 0 Å². The van der Waals surface area contributed by atoms with E-state index in [1.54, 1.807) is 0 Å². The molecule has 3 atom stereocenters. The topological polar surface area (TPSA) is 50.2 Å². The lowest BCUT2D eigenvalue weighted by Crippen LogP contribution is -2.40. The lowest BCUT2D eigenvalue weighted by atomic mass is 9.85. The molecule has 3 unspecified atom stereocenters. The molecule has 1 aromatic heterocycles. The number of hydrogen-bond acceptors (Lipinski definition) is 2. The largest absolute Gasteiger partial charge is 0.335 e. The van der Waals surface area contributed by atoms with E-state index in [9.17, 15) is 4.79 Å². The van der Waals surface area contributed by atoms with E-state index in [0.29, 0.717) is 12.0 Å². The molecule has 3 aliphatic rings. The first kappa shape index (κ1) is 16.0. The van der Waals surface area contributed by atoms with Crippen molar-refractivity contribution in [2.24, 2.45) is 24.8 Å². The third-order valence-corrected chi connectivity index (χ3v) is 6.26. The van der Waals surface area contributed by atoms with Gasteiger partial charge in [0, 0.05) is 32.4 Å². The first-order chi connectivity index (χ1) is 11.7. The SMILES string of the molecule is Cn1cc(CC2CCN(C(=O)NC3CC3C3CCCCC3)C2)cn1. The Kier molecular flexibility index (Phi) is 4.51. The van der Waals surface area contributed by atoms with Crippen LogP contribution in [-0.4, -0.2) is 39.8 Å². The van der Waals surface area contributed by atoms with Crippen LogP contribution in [0, 0.1) is 17.8 Å². The molecule has 1 saturated heterocycles. The number of nitrogens with zero attached hydrogens (tertiary/aromatic N) is 3. The molecule has 0 radical (unpaired) electrons. The standard InChI is InChI=1S/C19H30N4O/c1-22-12-15(11-20-22)9-14-7-8-23(13-14)19(24)21-18-10-17(18)16-5-3-2-4-6-16/h11-12,14,16-18H,2-10,13H2,1H3,(H,21,24). The van der Waals surface area contributed by atoms with Crippen LogP contribution in [0.2, 0.25) is 0 Å². The zero-order valence-electron chi connectivity index (χ0n) is 14.8. The summed E-state index contributed by atoms with van der Waals surface area (Å²) in [5, 5.41) is 7.54. The minimum absolute atomic E-state index is 0.173. The maximum absolute atomic E-state index is 12.5. The van der Waals surface area contributed by atoms with Crippen molar-refractivity contribution in [1.82, 2.24) is 20.0 Å².